The van der Waals surface area contributed by atoms with Crippen LogP contribution in [0.1, 0.15) is 12.5 Å². The molecule has 4 heteroatoms. The zero-order valence-electron chi connectivity index (χ0n) is 8.37. The maximum absolute atomic E-state index is 11.6. The Morgan fingerprint density at radius 1 is 1.71 bits per heavy atom. The summed E-state index contributed by atoms with van der Waals surface area (Å²) < 4.78 is 4.92. The van der Waals surface area contributed by atoms with Crippen molar-refractivity contribution < 1.29 is 9.21 Å². The van der Waals surface area contributed by atoms with Crippen LogP contribution in [-0.2, 0) is 11.3 Å². The van der Waals surface area contributed by atoms with Crippen molar-refractivity contribution in [1.29, 1.82) is 0 Å². The molecular formula is C10H14ClNO2. The van der Waals surface area contributed by atoms with Crippen molar-refractivity contribution in [2.45, 2.75) is 13.5 Å². The molecule has 3 nitrogen and oxygen atoms in total. The summed E-state index contributed by atoms with van der Waals surface area (Å²) in [5.41, 5.74) is 0.989. The third kappa shape index (κ3) is 2.77. The van der Waals surface area contributed by atoms with Crippen molar-refractivity contribution in [1.82, 2.24) is 4.90 Å². The molecule has 0 aliphatic rings. The van der Waals surface area contributed by atoms with Gasteiger partial charge in [-0.2, -0.15) is 0 Å². The second-order valence-corrected chi connectivity index (χ2v) is 3.69. The van der Waals surface area contributed by atoms with Gasteiger partial charge in [0.25, 0.3) is 0 Å². The molecule has 0 aliphatic heterocycles. The predicted molar refractivity (Wildman–Crippen MR) is 55.1 cm³/mol. The Morgan fingerprint density at radius 3 is 2.93 bits per heavy atom. The second-order valence-electron chi connectivity index (χ2n) is 3.38. The number of amides is 1. The van der Waals surface area contributed by atoms with Crippen LogP contribution < -0.4 is 0 Å². The van der Waals surface area contributed by atoms with Gasteiger partial charge in [-0.3, -0.25) is 4.79 Å². The van der Waals surface area contributed by atoms with Crippen LogP contribution in [0.3, 0.4) is 0 Å². The van der Waals surface area contributed by atoms with Gasteiger partial charge >= 0.3 is 0 Å². The molecule has 1 aromatic heterocycles. The second kappa shape index (κ2) is 5.05. The smallest absolute Gasteiger partial charge is 0.226 e. The molecule has 0 radical (unpaired) electrons. The Morgan fingerprint density at radius 2 is 2.43 bits per heavy atom. The molecule has 0 fully saturated rings. The van der Waals surface area contributed by atoms with E-state index in [1.54, 1.807) is 24.5 Å². The van der Waals surface area contributed by atoms with Gasteiger partial charge in [0.05, 0.1) is 12.5 Å². The summed E-state index contributed by atoms with van der Waals surface area (Å²) in [6.45, 7) is 2.39. The Kier molecular flexibility index (Phi) is 4.01. The van der Waals surface area contributed by atoms with Gasteiger partial charge < -0.3 is 9.32 Å². The summed E-state index contributed by atoms with van der Waals surface area (Å²) in [4.78, 5) is 13.3. The van der Waals surface area contributed by atoms with Crippen LogP contribution in [-0.4, -0.2) is 23.7 Å². The number of hydrogen-bond acceptors (Lipinski definition) is 2. The first-order valence-electron chi connectivity index (χ1n) is 4.47. The van der Waals surface area contributed by atoms with Crippen LogP contribution in [0.2, 0.25) is 0 Å². The maximum atomic E-state index is 11.6. The first-order valence-corrected chi connectivity index (χ1v) is 5.00. The van der Waals surface area contributed by atoms with Crippen molar-refractivity contribution in [3.05, 3.63) is 24.2 Å². The van der Waals surface area contributed by atoms with Gasteiger partial charge in [0.2, 0.25) is 5.91 Å². The van der Waals surface area contributed by atoms with E-state index >= 15 is 0 Å². The van der Waals surface area contributed by atoms with Crippen LogP contribution in [0.5, 0.6) is 0 Å². The average Bonchev–Trinajstić information content (AvgIpc) is 2.68. The summed E-state index contributed by atoms with van der Waals surface area (Å²) in [5, 5.41) is 0. The highest BCUT2D eigenvalue weighted by Crippen LogP contribution is 2.08. The lowest BCUT2D eigenvalue weighted by Gasteiger charge is -2.19. The van der Waals surface area contributed by atoms with Crippen LogP contribution in [0.15, 0.2) is 23.0 Å². The SMILES string of the molecule is CC(CCl)C(=O)N(C)Cc1ccoc1. The molecule has 1 atom stereocenters. The van der Waals surface area contributed by atoms with Crippen molar-refractivity contribution in [3.63, 3.8) is 0 Å². The number of nitrogens with zero attached hydrogens (tertiary/aromatic N) is 1. The Bertz CT molecular complexity index is 284. The lowest BCUT2D eigenvalue weighted by molar-refractivity contribution is -0.133. The minimum absolute atomic E-state index is 0.0567. The lowest BCUT2D eigenvalue weighted by atomic mass is 10.2. The number of carbonyl (C=O) groups excluding carboxylic acids is 1. The predicted octanol–water partition coefficient (Wildman–Crippen LogP) is 2.11. The summed E-state index contributed by atoms with van der Waals surface area (Å²) in [6, 6.07) is 1.84. The van der Waals surface area contributed by atoms with E-state index in [0.29, 0.717) is 12.4 Å². The Hall–Kier alpha value is -0.960. The topological polar surface area (TPSA) is 33.5 Å². The molecule has 1 heterocycles. The van der Waals surface area contributed by atoms with Crippen LogP contribution in [0.4, 0.5) is 0 Å². The normalized spacial score (nSPS) is 12.5. The van der Waals surface area contributed by atoms with Gasteiger partial charge in [-0.15, -0.1) is 11.6 Å². The number of furan rings is 1. The molecule has 0 N–H and O–H groups in total. The molecule has 0 saturated heterocycles. The van der Waals surface area contributed by atoms with Gasteiger partial charge in [0.15, 0.2) is 0 Å². The summed E-state index contributed by atoms with van der Waals surface area (Å²) in [6.07, 6.45) is 3.23. The van der Waals surface area contributed by atoms with E-state index in [1.165, 1.54) is 0 Å². The van der Waals surface area contributed by atoms with E-state index in [0.717, 1.165) is 5.56 Å². The largest absolute Gasteiger partial charge is 0.472 e. The molecule has 1 aromatic rings. The maximum Gasteiger partial charge on any atom is 0.226 e. The fraction of sp³-hybridized carbons (Fsp3) is 0.500. The fourth-order valence-electron chi connectivity index (χ4n) is 1.18. The number of alkyl halides is 1. The van der Waals surface area contributed by atoms with Crippen LogP contribution in [0, 0.1) is 5.92 Å². The van der Waals surface area contributed by atoms with Gasteiger partial charge in [0.1, 0.15) is 0 Å². The molecule has 0 bridgehead atoms. The quantitative estimate of drug-likeness (QED) is 0.721. The first-order chi connectivity index (χ1) is 6.65. The zero-order chi connectivity index (χ0) is 10.6. The highest BCUT2D eigenvalue weighted by molar-refractivity contribution is 6.19. The van der Waals surface area contributed by atoms with E-state index in [-0.39, 0.29) is 11.8 Å². The standard InChI is InChI=1S/C10H14ClNO2/c1-8(5-11)10(13)12(2)6-9-3-4-14-7-9/h3-4,7-8H,5-6H2,1-2H3. The van der Waals surface area contributed by atoms with Crippen LogP contribution in [0.25, 0.3) is 0 Å². The molecule has 14 heavy (non-hydrogen) atoms. The molecule has 0 aromatic carbocycles. The number of halogens is 1. The molecule has 1 amide bonds. The number of carbonyl (C=O) groups is 1. The summed E-state index contributed by atoms with van der Waals surface area (Å²) >= 11 is 5.61. The van der Waals surface area contributed by atoms with E-state index in [4.69, 9.17) is 16.0 Å². The Labute approximate surface area is 88.6 Å². The molecule has 1 unspecified atom stereocenters. The number of rotatable bonds is 4. The first kappa shape index (κ1) is 11.1. The van der Waals surface area contributed by atoms with Crippen LogP contribution >= 0.6 is 11.6 Å². The molecule has 1 rings (SSSR count). The fourth-order valence-corrected chi connectivity index (χ4v) is 1.31. The molecule has 0 aliphatic carbocycles. The molecular weight excluding hydrogens is 202 g/mol. The van der Waals surface area contributed by atoms with Crippen molar-refractivity contribution in [3.8, 4) is 0 Å². The van der Waals surface area contributed by atoms with E-state index in [2.05, 4.69) is 0 Å². The molecule has 0 saturated carbocycles. The minimum Gasteiger partial charge on any atom is -0.472 e. The Balaban J connectivity index is 2.50. The van der Waals surface area contributed by atoms with Gasteiger partial charge in [0, 0.05) is 31.0 Å². The van der Waals surface area contributed by atoms with Crippen molar-refractivity contribution in [2.24, 2.45) is 5.92 Å². The van der Waals surface area contributed by atoms with Crippen molar-refractivity contribution in [2.75, 3.05) is 12.9 Å². The van der Waals surface area contributed by atoms with E-state index in [9.17, 15) is 4.79 Å². The van der Waals surface area contributed by atoms with E-state index < -0.39 is 0 Å². The monoisotopic (exact) mass is 215 g/mol. The lowest BCUT2D eigenvalue weighted by Crippen LogP contribution is -2.31. The third-order valence-electron chi connectivity index (χ3n) is 2.03. The van der Waals surface area contributed by atoms with Gasteiger partial charge in [-0.25, -0.2) is 0 Å². The summed E-state index contributed by atoms with van der Waals surface area (Å²) in [5.74, 6) is 0.281. The van der Waals surface area contributed by atoms with E-state index in [1.807, 2.05) is 13.0 Å². The average molecular weight is 216 g/mol. The zero-order valence-corrected chi connectivity index (χ0v) is 9.12. The number of hydrogen-bond donors (Lipinski definition) is 0. The summed E-state index contributed by atoms with van der Waals surface area (Å²) in [7, 11) is 1.76. The highest BCUT2D eigenvalue weighted by atomic mass is 35.5. The molecule has 0 spiro atoms. The van der Waals surface area contributed by atoms with Gasteiger partial charge in [-0.05, 0) is 6.07 Å². The van der Waals surface area contributed by atoms with Crippen molar-refractivity contribution >= 4 is 17.5 Å². The molecule has 78 valence electrons. The third-order valence-corrected chi connectivity index (χ3v) is 2.49. The minimum atomic E-state index is -0.131. The highest BCUT2D eigenvalue weighted by Gasteiger charge is 2.16. The van der Waals surface area contributed by atoms with Gasteiger partial charge in [-0.1, -0.05) is 6.92 Å².